The first-order valence-electron chi connectivity index (χ1n) is 15.1. The fraction of sp³-hybridized carbons (Fsp3) is 0.200. The Hall–Kier alpha value is -3.63. The Labute approximate surface area is 280 Å². The zero-order chi connectivity index (χ0) is 30.2. The van der Waals surface area contributed by atoms with E-state index in [9.17, 15) is 4.46 Å². The molecule has 0 aromatic heterocycles. The van der Waals surface area contributed by atoms with Gasteiger partial charge in [0.1, 0.15) is 0 Å². The predicted octanol–water partition coefficient (Wildman–Crippen LogP) is 9.89. The minimum Gasteiger partial charge on any atom is -0.375 e. The molecule has 0 bridgehead atoms. The molecule has 0 aliphatic heterocycles. The molecule has 0 N–H and O–H groups in total. The molecule has 0 amide bonds. The van der Waals surface area contributed by atoms with Gasteiger partial charge in [0, 0.05) is 18.6 Å². The van der Waals surface area contributed by atoms with E-state index in [0.29, 0.717) is 6.04 Å². The van der Waals surface area contributed by atoms with Gasteiger partial charge in [0.05, 0.1) is 0 Å². The molecule has 0 atom stereocenters. The molecule has 0 saturated heterocycles. The Kier molecular flexibility index (Phi) is 11.6. The summed E-state index contributed by atoms with van der Waals surface area (Å²) in [5.74, 6) is 0. The van der Waals surface area contributed by atoms with Crippen molar-refractivity contribution in [3.8, 4) is 0 Å². The maximum atomic E-state index is 13.1. The SMILES string of the molecule is C(C=Cc1ccccc1)=Cc1ccccc1.CN([Si](=O)CC1=C2C(=CC1)c1ccccc1Cc1ccccc12)C(C)(C)C.[Ti+2]. The van der Waals surface area contributed by atoms with Crippen molar-refractivity contribution in [1.29, 1.82) is 0 Å². The van der Waals surface area contributed by atoms with Crippen LogP contribution in [0, 0.1) is 0 Å². The van der Waals surface area contributed by atoms with Gasteiger partial charge in [-0.3, -0.25) is 0 Å². The minimum atomic E-state index is -1.86. The van der Waals surface area contributed by atoms with Gasteiger partial charge < -0.3 is 9.03 Å². The van der Waals surface area contributed by atoms with Crippen LogP contribution >= 0.6 is 0 Å². The first kappa shape index (κ1) is 33.3. The third-order valence-corrected chi connectivity index (χ3v) is 10.3. The topological polar surface area (TPSA) is 20.3 Å². The second-order valence-electron chi connectivity index (χ2n) is 12.1. The van der Waals surface area contributed by atoms with E-state index in [4.69, 9.17) is 0 Å². The Morgan fingerprint density at radius 2 is 1.18 bits per heavy atom. The summed E-state index contributed by atoms with van der Waals surface area (Å²) in [5, 5.41) is 0. The number of hydrogen-bond acceptors (Lipinski definition) is 1. The summed E-state index contributed by atoms with van der Waals surface area (Å²) in [4.78, 5) is 0. The molecule has 4 heteroatoms. The minimum absolute atomic E-state index is 0. The monoisotopic (exact) mass is 627 g/mol. The van der Waals surface area contributed by atoms with Crippen molar-refractivity contribution in [2.75, 3.05) is 7.05 Å². The average molecular weight is 628 g/mol. The van der Waals surface area contributed by atoms with Crippen LogP contribution in [0.4, 0.5) is 0 Å². The molecule has 218 valence electrons. The van der Waals surface area contributed by atoms with E-state index in [-0.39, 0.29) is 27.3 Å². The molecule has 4 aromatic rings. The van der Waals surface area contributed by atoms with Gasteiger partial charge in [0.15, 0.2) is 0 Å². The number of allylic oxidation sites excluding steroid dienone is 6. The zero-order valence-electron chi connectivity index (χ0n) is 26.3. The quantitative estimate of drug-likeness (QED) is 0.157. The van der Waals surface area contributed by atoms with Crippen molar-refractivity contribution in [1.82, 2.24) is 4.57 Å². The summed E-state index contributed by atoms with van der Waals surface area (Å²) in [6, 6.07) is 38.7. The fourth-order valence-corrected chi connectivity index (χ4v) is 7.23. The molecule has 0 radical (unpaired) electrons. The van der Waals surface area contributed by atoms with E-state index < -0.39 is 8.84 Å². The molecule has 2 aliphatic carbocycles. The van der Waals surface area contributed by atoms with Crippen LogP contribution in [0.25, 0.3) is 23.3 Å². The molecule has 4 aromatic carbocycles. The zero-order valence-corrected chi connectivity index (χ0v) is 28.8. The summed E-state index contributed by atoms with van der Waals surface area (Å²) in [6.07, 6.45) is 12.5. The predicted molar refractivity (Wildman–Crippen MR) is 185 cm³/mol. The van der Waals surface area contributed by atoms with Crippen molar-refractivity contribution in [2.45, 2.75) is 45.2 Å². The molecule has 0 fully saturated rings. The van der Waals surface area contributed by atoms with Gasteiger partial charge in [-0.25, -0.2) is 0 Å². The Bertz CT molecular complexity index is 1650. The number of hydrogen-bond donors (Lipinski definition) is 0. The summed E-state index contributed by atoms with van der Waals surface area (Å²) < 4.78 is 15.2. The molecule has 2 nitrogen and oxygen atoms in total. The summed E-state index contributed by atoms with van der Waals surface area (Å²) in [6.45, 7) is 6.38. The van der Waals surface area contributed by atoms with Gasteiger partial charge in [-0.2, -0.15) is 0 Å². The van der Waals surface area contributed by atoms with Crippen molar-refractivity contribution in [3.63, 3.8) is 0 Å². The molecule has 2 aliphatic rings. The van der Waals surface area contributed by atoms with E-state index >= 15 is 0 Å². The van der Waals surface area contributed by atoms with Gasteiger partial charge in [0.2, 0.25) is 0 Å². The van der Waals surface area contributed by atoms with Gasteiger partial charge in [-0.05, 0) is 78.1 Å². The van der Waals surface area contributed by atoms with Crippen LogP contribution in [0.2, 0.25) is 6.04 Å². The van der Waals surface area contributed by atoms with E-state index in [2.05, 4.69) is 129 Å². The largest absolute Gasteiger partial charge is 2.00 e. The van der Waals surface area contributed by atoms with Crippen LogP contribution in [0.3, 0.4) is 0 Å². The second kappa shape index (κ2) is 15.4. The molecule has 0 heterocycles. The molecular weight excluding hydrogens is 586 g/mol. The molecule has 0 unspecified atom stereocenters. The van der Waals surface area contributed by atoms with Crippen LogP contribution < -0.4 is 0 Å². The maximum absolute atomic E-state index is 13.1. The summed E-state index contributed by atoms with van der Waals surface area (Å²) in [5.41, 5.74) is 11.8. The maximum Gasteiger partial charge on any atom is 2.00 e. The fourth-order valence-electron chi connectivity index (χ4n) is 5.56. The van der Waals surface area contributed by atoms with E-state index in [1.54, 1.807) is 0 Å². The number of rotatable bonds is 6. The second-order valence-corrected chi connectivity index (χ2v) is 13.9. The van der Waals surface area contributed by atoms with Gasteiger partial charge in [0.25, 0.3) is 0 Å². The van der Waals surface area contributed by atoms with E-state index in [1.807, 2.05) is 43.4 Å². The molecule has 0 spiro atoms. The van der Waals surface area contributed by atoms with Gasteiger partial charge in [-0.1, -0.05) is 145 Å². The first-order chi connectivity index (χ1) is 20.8. The van der Waals surface area contributed by atoms with E-state index in [0.717, 1.165) is 12.8 Å². The number of benzene rings is 4. The Morgan fingerprint density at radius 3 is 1.73 bits per heavy atom. The molecular formula is C40H41NOSiTi+2. The molecule has 44 heavy (non-hydrogen) atoms. The van der Waals surface area contributed by atoms with Crippen LogP contribution in [0.1, 0.15) is 60.6 Å². The van der Waals surface area contributed by atoms with Gasteiger partial charge in [-0.15, -0.1) is 0 Å². The third kappa shape index (κ3) is 8.30. The Balaban J connectivity index is 0.000000223. The average Bonchev–Trinajstić information content (AvgIpc) is 3.36. The smallest absolute Gasteiger partial charge is 0.375 e. The first-order valence-corrected chi connectivity index (χ1v) is 16.7. The normalized spacial score (nSPS) is 13.6. The third-order valence-electron chi connectivity index (χ3n) is 8.18. The van der Waals surface area contributed by atoms with E-state index in [1.165, 1.54) is 50.1 Å². The standard InChI is InChI=1S/C24H27NOSi.C16H14.Ti/c1-24(2,3)25(4)27(26)16-19-13-14-22-20-11-7-5-9-17(20)15-18-10-6-8-12-21(18)23(19)22;1-3-9-15(10-4-1)13-7-8-14-16-11-5-2-6-12-16;/h5-12,14H,13,15-16H2,1-4H3;1-14H;/q;;+2. The molecule has 0 saturated carbocycles. The summed E-state index contributed by atoms with van der Waals surface area (Å²) in [7, 11) is 0.137. The van der Waals surface area contributed by atoms with Crippen LogP contribution in [0.5, 0.6) is 0 Å². The van der Waals surface area contributed by atoms with Gasteiger partial charge >= 0.3 is 30.6 Å². The van der Waals surface area contributed by atoms with Crippen LogP contribution in [-0.4, -0.2) is 26.0 Å². The molecule has 6 rings (SSSR count). The number of nitrogens with zero attached hydrogens (tertiary/aromatic N) is 1. The summed E-state index contributed by atoms with van der Waals surface area (Å²) >= 11 is 0. The van der Waals surface area contributed by atoms with Crippen molar-refractivity contribution in [3.05, 3.63) is 166 Å². The van der Waals surface area contributed by atoms with Crippen molar-refractivity contribution in [2.24, 2.45) is 0 Å². The Morgan fingerprint density at radius 1 is 0.705 bits per heavy atom. The van der Waals surface area contributed by atoms with Crippen molar-refractivity contribution < 1.29 is 26.2 Å². The van der Waals surface area contributed by atoms with Crippen LogP contribution in [0.15, 0.2) is 133 Å². The van der Waals surface area contributed by atoms with Crippen LogP contribution in [-0.2, 0) is 32.6 Å². The number of fused-ring (bicyclic) bond motifs is 5. The van der Waals surface area contributed by atoms with Crippen molar-refractivity contribution >= 4 is 32.1 Å².